The van der Waals surface area contributed by atoms with E-state index in [1.165, 1.54) is 79.7 Å². The molecule has 2 fully saturated rings. The van der Waals surface area contributed by atoms with Gasteiger partial charge in [0.2, 0.25) is 76.8 Å². The van der Waals surface area contributed by atoms with E-state index >= 15 is 28.8 Å². The van der Waals surface area contributed by atoms with Gasteiger partial charge in [0, 0.05) is 80.5 Å². The minimum absolute atomic E-state index is 0.0139. The number of urea groups is 2. The third-order valence-corrected chi connectivity index (χ3v) is 21.0. The number of hydrogen-bond acceptors (Lipinski definition) is 20. The molecule has 9 rings (SSSR count). The first kappa shape index (κ1) is 95.4. The van der Waals surface area contributed by atoms with Gasteiger partial charge in [-0.15, -0.1) is 0 Å². The van der Waals surface area contributed by atoms with Crippen LogP contribution < -0.4 is 90.8 Å². The van der Waals surface area contributed by atoms with Crippen LogP contribution >= 0.6 is 11.6 Å². The standard InChI is InChI=1S/C88H109ClN20O16/c1-50(2)42-65(79(116)100-64(18-9-12-37-92-51(3)4)86(123)108-40-15-19-72(108)85(122)95-52(5)76(90)113)101-82(119)68(45-56-27-34-62(35-28-56)98-87(91)124)103-83(120)69(46-55-25-32-61(33-26-55)97-78(115)70-48-75(112)107-88(125)106-70)104-84(121)71(49-110)105-77(114)63(36-41-109(73-20-10-13-38-93-73)74-21-11-14-39-94-74)99-81(118)67(44-54-23-30-60(89)31-24-54)102-80(117)66(96-53(6)111)47-57-22-29-58-16-7-8-17-59(58)43-57/h7-8,10-11,13-14,16-17,20-35,38-39,43,50-52,63-72,92,110H,9,12,15,18-19,36-37,40-42,44-49H2,1-6H3,(H2,90,113)(H,95,122)(H,96,111)(H,97,115)(H,99,118)(H,100,116)(H,101,119)(H,102,117)(H,103,120)(H,104,121)(H,105,114)(H3,91,98,124)(H2,106,107,112,125)/t52-,63+,64+,65+,66-,67-,68+,69+,70+,71+,72+/m1/s1. The van der Waals surface area contributed by atoms with E-state index in [1.54, 1.807) is 79.4 Å². The summed E-state index contributed by atoms with van der Waals surface area (Å²) in [6.07, 6.45) is 3.07. The SMILES string of the molecule is CC(=O)N[C@H](Cc1ccc2ccccc2c1)C(=O)N[C@H](Cc1ccc(Cl)cc1)C(=O)N[C@@H](CCN(c1ccccn1)c1ccccn1)C(=O)N[C@@H](CO)C(=O)N[C@@H](Cc1ccc(NC(=O)[C@@H]2CC(=O)NC(=O)N2)cc1)C(=O)N[C@@H](Cc1ccc(NC(N)=O)cc1)C(=O)N[C@@H](CC(C)C)C(=O)N[C@@H](CCCCNC(C)C)C(=O)N1CCC[C@H]1C(=O)N[C@H](C)C(N)=O. The van der Waals surface area contributed by atoms with Gasteiger partial charge in [-0.05, 0) is 158 Å². The quantitative estimate of drug-likeness (QED) is 0.0244. The van der Waals surface area contributed by atoms with Gasteiger partial charge in [-0.1, -0.05) is 130 Å². The minimum Gasteiger partial charge on any atom is -0.394 e. The maximum atomic E-state index is 15.6. The number of rotatable bonds is 44. The molecule has 0 spiro atoms. The molecule has 2 aliphatic heterocycles. The average Bonchev–Trinajstić information content (AvgIpc) is 1.57. The number of pyridine rings is 2. The number of primary amides is 2. The second-order valence-electron chi connectivity index (χ2n) is 31.5. The highest BCUT2D eigenvalue weighted by Gasteiger charge is 2.41. The van der Waals surface area contributed by atoms with Crippen molar-refractivity contribution in [2.24, 2.45) is 17.4 Å². The van der Waals surface area contributed by atoms with Crippen molar-refractivity contribution in [2.45, 2.75) is 191 Å². The number of nitrogens with zero attached hydrogens (tertiary/aromatic N) is 4. The van der Waals surface area contributed by atoms with Crippen LogP contribution in [0.2, 0.25) is 5.02 Å². The summed E-state index contributed by atoms with van der Waals surface area (Å²) in [5, 5.41) is 50.9. The Morgan fingerprint density at radius 3 is 1.53 bits per heavy atom. The first-order chi connectivity index (χ1) is 59.7. The van der Waals surface area contributed by atoms with Crippen LogP contribution in [0.25, 0.3) is 10.8 Å². The molecule has 37 heteroatoms. The summed E-state index contributed by atoms with van der Waals surface area (Å²) < 4.78 is 0. The van der Waals surface area contributed by atoms with Crippen LogP contribution in [-0.2, 0) is 88.0 Å². The normalized spacial score (nSPS) is 15.8. The van der Waals surface area contributed by atoms with Crippen molar-refractivity contribution in [3.63, 3.8) is 0 Å². The lowest BCUT2D eigenvalue weighted by Gasteiger charge is -2.31. The summed E-state index contributed by atoms with van der Waals surface area (Å²) in [5.41, 5.74) is 13.1. The Balaban J connectivity index is 1.04. The zero-order valence-electron chi connectivity index (χ0n) is 70.3. The van der Waals surface area contributed by atoms with Crippen LogP contribution in [0.15, 0.2) is 164 Å². The van der Waals surface area contributed by atoms with E-state index < -0.39 is 168 Å². The van der Waals surface area contributed by atoms with Gasteiger partial charge in [-0.2, -0.15) is 0 Å². The molecule has 0 aliphatic carbocycles. The van der Waals surface area contributed by atoms with E-state index in [9.17, 15) is 48.3 Å². The van der Waals surface area contributed by atoms with Crippen LogP contribution in [-0.4, -0.2) is 208 Å². The molecular weight excluding hydrogens is 1630 g/mol. The molecule has 0 radical (unpaired) electrons. The van der Waals surface area contributed by atoms with Crippen LogP contribution in [0.4, 0.5) is 32.6 Å². The zero-order valence-corrected chi connectivity index (χ0v) is 71.1. The van der Waals surface area contributed by atoms with Gasteiger partial charge in [0.15, 0.2) is 0 Å². The molecule has 11 atom stereocenters. The van der Waals surface area contributed by atoms with Gasteiger partial charge in [0.25, 0.3) is 0 Å². The lowest BCUT2D eigenvalue weighted by Crippen LogP contribution is -2.61. The maximum Gasteiger partial charge on any atom is 0.322 e. The number of aliphatic hydroxyl groups is 1. The second-order valence-corrected chi connectivity index (χ2v) is 31.9. The summed E-state index contributed by atoms with van der Waals surface area (Å²) in [4.78, 5) is 222. The molecule has 7 aromatic rings. The molecule has 125 heavy (non-hydrogen) atoms. The number of nitrogens with one attached hydrogen (secondary N) is 14. The number of nitrogens with two attached hydrogens (primary N) is 2. The fourth-order valence-corrected chi connectivity index (χ4v) is 14.4. The molecule has 2 saturated heterocycles. The number of anilines is 4. The first-order valence-electron chi connectivity index (χ1n) is 41.4. The Hall–Kier alpha value is -13.5. The summed E-state index contributed by atoms with van der Waals surface area (Å²) in [6, 6.07) is 24.0. The largest absolute Gasteiger partial charge is 0.394 e. The summed E-state index contributed by atoms with van der Waals surface area (Å²) in [5.74, 6) is -10.4. The molecule has 36 nitrogen and oxygen atoms in total. The predicted molar refractivity (Wildman–Crippen MR) is 466 cm³/mol. The van der Waals surface area contributed by atoms with Crippen LogP contribution in [0.1, 0.15) is 115 Å². The number of aromatic nitrogens is 2. The topological polar surface area (TPSA) is 529 Å². The number of hydrogen-bond donors (Lipinski definition) is 17. The Morgan fingerprint density at radius 1 is 0.528 bits per heavy atom. The van der Waals surface area contributed by atoms with Crippen molar-refractivity contribution in [1.82, 2.24) is 78.7 Å². The van der Waals surface area contributed by atoms with E-state index in [4.69, 9.17) is 23.1 Å². The number of halogens is 1. The molecule has 2 aliphatic rings. The van der Waals surface area contributed by atoms with Crippen LogP contribution in [0, 0.1) is 5.92 Å². The predicted octanol–water partition coefficient (Wildman–Crippen LogP) is 2.90. The highest BCUT2D eigenvalue weighted by Crippen LogP contribution is 2.26. The number of unbranched alkanes of at least 4 members (excludes halogenated alkanes) is 1. The summed E-state index contributed by atoms with van der Waals surface area (Å²) >= 11 is 6.33. The minimum atomic E-state index is -1.97. The van der Waals surface area contributed by atoms with Crippen molar-refractivity contribution in [2.75, 3.05) is 41.8 Å². The lowest BCUT2D eigenvalue weighted by atomic mass is 9.99. The number of fused-ring (bicyclic) bond motifs is 1. The number of carbonyl (C=O) groups excluding carboxylic acids is 15. The number of imide groups is 1. The Kier molecular flexibility index (Phi) is 35.6. The van der Waals surface area contributed by atoms with E-state index in [-0.39, 0.29) is 93.4 Å². The molecule has 4 heterocycles. The molecule has 0 bridgehead atoms. The van der Waals surface area contributed by atoms with Gasteiger partial charge in [-0.3, -0.25) is 67.6 Å². The smallest absolute Gasteiger partial charge is 0.322 e. The first-order valence-corrected chi connectivity index (χ1v) is 41.8. The Labute approximate surface area is 727 Å². The van der Waals surface area contributed by atoms with Crippen molar-refractivity contribution in [1.29, 1.82) is 0 Å². The molecule has 5 aromatic carbocycles. The van der Waals surface area contributed by atoms with Crippen molar-refractivity contribution < 1.29 is 77.0 Å². The molecular formula is C88H109ClN20O16. The van der Waals surface area contributed by atoms with Crippen molar-refractivity contribution in [3.8, 4) is 0 Å². The van der Waals surface area contributed by atoms with Crippen LogP contribution in [0.3, 0.4) is 0 Å². The third-order valence-electron chi connectivity index (χ3n) is 20.8. The van der Waals surface area contributed by atoms with Crippen molar-refractivity contribution in [3.05, 3.63) is 191 Å². The zero-order chi connectivity index (χ0) is 90.4. The third kappa shape index (κ3) is 29.6. The van der Waals surface area contributed by atoms with Gasteiger partial charge in [-0.25, -0.2) is 19.6 Å². The van der Waals surface area contributed by atoms with E-state index in [1.807, 2.05) is 56.3 Å². The number of amides is 17. The second kappa shape index (κ2) is 46.7. The number of aliphatic hydroxyl groups excluding tert-OH is 1. The van der Waals surface area contributed by atoms with Gasteiger partial charge >= 0.3 is 12.1 Å². The Morgan fingerprint density at radius 2 is 1.01 bits per heavy atom. The molecule has 664 valence electrons. The molecule has 17 amide bonds. The number of likely N-dealkylation sites (tertiary alicyclic amines) is 1. The van der Waals surface area contributed by atoms with Crippen molar-refractivity contribution >= 4 is 134 Å². The fraction of sp³-hybridized carbons (Fsp3) is 0.398. The highest BCUT2D eigenvalue weighted by atomic mass is 35.5. The fourth-order valence-electron chi connectivity index (χ4n) is 14.3. The molecule has 0 unspecified atom stereocenters. The molecule has 19 N–H and O–H groups in total. The average molecular weight is 1740 g/mol. The van der Waals surface area contributed by atoms with E-state index in [2.05, 4.69) is 84.4 Å². The number of benzene rings is 5. The summed E-state index contributed by atoms with van der Waals surface area (Å²) in [6.45, 7) is 9.58. The van der Waals surface area contributed by atoms with Crippen LogP contribution in [0.5, 0.6) is 0 Å². The van der Waals surface area contributed by atoms with E-state index in [0.29, 0.717) is 59.2 Å². The Bertz CT molecular complexity index is 4900. The molecule has 0 saturated carbocycles. The molecule has 2 aromatic heterocycles. The maximum absolute atomic E-state index is 15.6. The monoisotopic (exact) mass is 1740 g/mol. The lowest BCUT2D eigenvalue weighted by molar-refractivity contribution is -0.142. The van der Waals surface area contributed by atoms with E-state index in [0.717, 1.165) is 10.8 Å². The van der Waals surface area contributed by atoms with Gasteiger partial charge < -0.3 is 95.5 Å². The van der Waals surface area contributed by atoms with Gasteiger partial charge in [0.1, 0.15) is 78.1 Å². The highest BCUT2D eigenvalue weighted by molar-refractivity contribution is 6.30. The number of carbonyl (C=O) groups is 15. The van der Waals surface area contributed by atoms with Gasteiger partial charge in [0.05, 0.1) is 13.0 Å². The summed E-state index contributed by atoms with van der Waals surface area (Å²) in [7, 11) is 0.